The number of nitrogens with two attached hydrogens (primary N) is 1. The number of carbonyl (C=O) groups excluding carboxylic acids is 1. The Morgan fingerprint density at radius 3 is 2.76 bits per heavy atom. The predicted molar refractivity (Wildman–Crippen MR) is 81.2 cm³/mol. The van der Waals surface area contributed by atoms with Crippen LogP contribution < -0.4 is 10.6 Å². The molecular weight excluding hydrogens is 264 g/mol. The van der Waals surface area contributed by atoms with Crippen molar-refractivity contribution in [3.05, 3.63) is 54.0 Å². The molecule has 1 aliphatic rings. The van der Waals surface area contributed by atoms with E-state index in [1.807, 2.05) is 6.07 Å². The van der Waals surface area contributed by atoms with Crippen LogP contribution in [0.25, 0.3) is 0 Å². The van der Waals surface area contributed by atoms with Gasteiger partial charge >= 0.3 is 0 Å². The average molecular weight is 282 g/mol. The zero-order valence-corrected chi connectivity index (χ0v) is 11.9. The summed E-state index contributed by atoms with van der Waals surface area (Å²) in [6.45, 7) is 3.08. The molecule has 5 nitrogen and oxygen atoms in total. The summed E-state index contributed by atoms with van der Waals surface area (Å²) in [5.41, 5.74) is 6.82. The van der Waals surface area contributed by atoms with Crippen LogP contribution in [0, 0.1) is 0 Å². The number of amides is 1. The van der Waals surface area contributed by atoms with Gasteiger partial charge in [-0.2, -0.15) is 0 Å². The largest absolute Gasteiger partial charge is 0.364 e. The fourth-order valence-electron chi connectivity index (χ4n) is 3.02. The Balaban J connectivity index is 1.85. The van der Waals surface area contributed by atoms with Crippen molar-refractivity contribution in [1.82, 2.24) is 9.97 Å². The normalized spacial score (nSPS) is 21.5. The molecule has 0 bridgehead atoms. The smallest absolute Gasteiger partial charge is 0.268 e. The van der Waals surface area contributed by atoms with E-state index in [4.69, 9.17) is 5.73 Å². The van der Waals surface area contributed by atoms with Gasteiger partial charge in [-0.15, -0.1) is 0 Å². The molecular formula is C16H18N4O. The van der Waals surface area contributed by atoms with Crippen LogP contribution in [0.2, 0.25) is 0 Å². The molecule has 1 saturated heterocycles. The Kier molecular flexibility index (Phi) is 3.56. The first-order valence-corrected chi connectivity index (χ1v) is 7.10. The molecule has 2 aromatic rings. The Bertz CT molecular complexity index is 644. The van der Waals surface area contributed by atoms with Gasteiger partial charge < -0.3 is 10.6 Å². The van der Waals surface area contributed by atoms with E-state index in [0.717, 1.165) is 18.8 Å². The first-order chi connectivity index (χ1) is 10.2. The van der Waals surface area contributed by atoms with Gasteiger partial charge in [0.1, 0.15) is 11.5 Å². The number of rotatable bonds is 3. The second-order valence-electron chi connectivity index (χ2n) is 5.37. The zero-order valence-electron chi connectivity index (χ0n) is 11.9. The number of nitrogens with zero attached hydrogens (tertiary/aromatic N) is 3. The van der Waals surface area contributed by atoms with Crippen LogP contribution in [0.5, 0.6) is 0 Å². The predicted octanol–water partition coefficient (Wildman–Crippen LogP) is 1.96. The highest BCUT2D eigenvalue weighted by atomic mass is 16.1. The third-order valence-corrected chi connectivity index (χ3v) is 4.15. The van der Waals surface area contributed by atoms with Gasteiger partial charge in [0.15, 0.2) is 0 Å². The second kappa shape index (κ2) is 5.52. The van der Waals surface area contributed by atoms with Gasteiger partial charge in [-0.25, -0.2) is 4.98 Å². The molecule has 0 aliphatic carbocycles. The fraction of sp³-hybridized carbons (Fsp3) is 0.312. The number of benzene rings is 1. The summed E-state index contributed by atoms with van der Waals surface area (Å²) >= 11 is 0. The Labute approximate surface area is 123 Å². The summed E-state index contributed by atoms with van der Waals surface area (Å²) in [7, 11) is 0. The van der Waals surface area contributed by atoms with E-state index in [2.05, 4.69) is 46.1 Å². The zero-order chi connectivity index (χ0) is 14.8. The average Bonchev–Trinajstić information content (AvgIpc) is 2.90. The summed E-state index contributed by atoms with van der Waals surface area (Å²) in [6, 6.07) is 10.8. The molecule has 1 aromatic heterocycles. The van der Waals surface area contributed by atoms with Crippen LogP contribution >= 0.6 is 0 Å². The van der Waals surface area contributed by atoms with Crippen molar-refractivity contribution in [2.75, 3.05) is 11.4 Å². The molecule has 5 heteroatoms. The number of hydrogen-bond acceptors (Lipinski definition) is 4. The lowest BCUT2D eigenvalue weighted by Crippen LogP contribution is -2.30. The minimum absolute atomic E-state index is 0.211. The molecule has 0 radical (unpaired) electrons. The van der Waals surface area contributed by atoms with Crippen LogP contribution in [0.1, 0.15) is 35.3 Å². The lowest BCUT2D eigenvalue weighted by molar-refractivity contribution is 0.0995. The highest BCUT2D eigenvalue weighted by molar-refractivity contribution is 5.90. The Morgan fingerprint density at radius 2 is 2.05 bits per heavy atom. The second-order valence-corrected chi connectivity index (χ2v) is 5.37. The molecule has 2 atom stereocenters. The van der Waals surface area contributed by atoms with E-state index >= 15 is 0 Å². The lowest BCUT2D eigenvalue weighted by atomic mass is 9.93. The van der Waals surface area contributed by atoms with E-state index in [1.54, 1.807) is 6.20 Å². The maximum atomic E-state index is 11.2. The highest BCUT2D eigenvalue weighted by Crippen LogP contribution is 2.35. The molecule has 1 fully saturated rings. The first kappa shape index (κ1) is 13.5. The number of aromatic nitrogens is 2. The standard InChI is InChI=1S/C16H18N4O/c1-11-13(12-5-3-2-4-6-12)7-8-20(11)15-10-18-9-14(19-15)16(17)21/h2-6,9-11,13H,7-8H2,1H3,(H2,17,21). The molecule has 2 heterocycles. The van der Waals surface area contributed by atoms with Crippen LogP contribution in [-0.2, 0) is 0 Å². The minimum atomic E-state index is -0.546. The van der Waals surface area contributed by atoms with Crippen molar-refractivity contribution < 1.29 is 4.79 Å². The van der Waals surface area contributed by atoms with E-state index in [9.17, 15) is 4.79 Å². The van der Waals surface area contributed by atoms with E-state index < -0.39 is 5.91 Å². The van der Waals surface area contributed by atoms with E-state index in [-0.39, 0.29) is 5.69 Å². The maximum absolute atomic E-state index is 11.2. The monoisotopic (exact) mass is 282 g/mol. The van der Waals surface area contributed by atoms with Crippen LogP contribution in [0.3, 0.4) is 0 Å². The lowest BCUT2D eigenvalue weighted by Gasteiger charge is -2.25. The highest BCUT2D eigenvalue weighted by Gasteiger charge is 2.32. The summed E-state index contributed by atoms with van der Waals surface area (Å²) in [5, 5.41) is 0. The van der Waals surface area contributed by atoms with Crippen LogP contribution in [0.15, 0.2) is 42.7 Å². The molecule has 2 N–H and O–H groups in total. The Hall–Kier alpha value is -2.43. The van der Waals surface area contributed by atoms with Crippen LogP contribution in [-0.4, -0.2) is 28.5 Å². The number of anilines is 1. The fourth-order valence-corrected chi connectivity index (χ4v) is 3.02. The van der Waals surface area contributed by atoms with E-state index in [0.29, 0.717) is 12.0 Å². The summed E-state index contributed by atoms with van der Waals surface area (Å²) in [6.07, 6.45) is 4.16. The third-order valence-electron chi connectivity index (χ3n) is 4.15. The van der Waals surface area contributed by atoms with Gasteiger partial charge in [0.25, 0.3) is 5.91 Å². The molecule has 3 rings (SSSR count). The summed E-state index contributed by atoms with van der Waals surface area (Å²) in [4.78, 5) is 21.8. The van der Waals surface area contributed by atoms with Crippen molar-refractivity contribution in [3.63, 3.8) is 0 Å². The molecule has 108 valence electrons. The van der Waals surface area contributed by atoms with Gasteiger partial charge in [-0.05, 0) is 18.9 Å². The van der Waals surface area contributed by atoms with Gasteiger partial charge in [0.05, 0.1) is 12.4 Å². The van der Waals surface area contributed by atoms with Crippen molar-refractivity contribution in [3.8, 4) is 0 Å². The van der Waals surface area contributed by atoms with Gasteiger partial charge in [-0.3, -0.25) is 9.78 Å². The van der Waals surface area contributed by atoms with Crippen molar-refractivity contribution in [2.45, 2.75) is 25.3 Å². The van der Waals surface area contributed by atoms with Gasteiger partial charge in [0.2, 0.25) is 0 Å². The molecule has 1 aromatic carbocycles. The van der Waals surface area contributed by atoms with Gasteiger partial charge in [-0.1, -0.05) is 30.3 Å². The molecule has 0 saturated carbocycles. The van der Waals surface area contributed by atoms with Crippen molar-refractivity contribution >= 4 is 11.7 Å². The van der Waals surface area contributed by atoms with Crippen LogP contribution in [0.4, 0.5) is 5.82 Å². The molecule has 1 aliphatic heterocycles. The quantitative estimate of drug-likeness (QED) is 0.934. The maximum Gasteiger partial charge on any atom is 0.268 e. The Morgan fingerprint density at radius 1 is 1.29 bits per heavy atom. The molecule has 0 spiro atoms. The molecule has 1 amide bonds. The van der Waals surface area contributed by atoms with E-state index in [1.165, 1.54) is 11.8 Å². The number of hydrogen-bond donors (Lipinski definition) is 1. The molecule has 21 heavy (non-hydrogen) atoms. The van der Waals surface area contributed by atoms with Gasteiger partial charge in [0, 0.05) is 18.5 Å². The number of carbonyl (C=O) groups is 1. The summed E-state index contributed by atoms with van der Waals surface area (Å²) in [5.74, 6) is 0.637. The first-order valence-electron chi connectivity index (χ1n) is 7.10. The summed E-state index contributed by atoms with van der Waals surface area (Å²) < 4.78 is 0. The number of primary amides is 1. The SMILES string of the molecule is CC1C(c2ccccc2)CCN1c1cncc(C(N)=O)n1. The third kappa shape index (κ3) is 2.59. The topological polar surface area (TPSA) is 72.1 Å². The minimum Gasteiger partial charge on any atom is -0.364 e. The van der Waals surface area contributed by atoms with Crippen molar-refractivity contribution in [2.24, 2.45) is 5.73 Å². The van der Waals surface area contributed by atoms with Crippen molar-refractivity contribution in [1.29, 1.82) is 0 Å². The molecule has 2 unspecified atom stereocenters.